The highest BCUT2D eigenvalue weighted by Gasteiger charge is 2.10. The monoisotopic (exact) mass is 380 g/mol. The van der Waals surface area contributed by atoms with Gasteiger partial charge >= 0.3 is 0 Å². The van der Waals surface area contributed by atoms with Gasteiger partial charge in [0, 0.05) is 30.6 Å². The van der Waals surface area contributed by atoms with Crippen LogP contribution in [0.2, 0.25) is 0 Å². The van der Waals surface area contributed by atoms with Gasteiger partial charge in [-0.1, -0.05) is 18.2 Å². The molecule has 6 heteroatoms. The molecule has 0 saturated carbocycles. The van der Waals surface area contributed by atoms with Crippen LogP contribution in [-0.4, -0.2) is 18.0 Å². The van der Waals surface area contributed by atoms with Crippen LogP contribution < -0.4 is 14.8 Å². The minimum absolute atomic E-state index is 0.181. The highest BCUT2D eigenvalue weighted by Crippen LogP contribution is 2.31. The third-order valence-electron chi connectivity index (χ3n) is 4.17. The number of halogens is 1. The zero-order valence-corrected chi connectivity index (χ0v) is 15.5. The molecular formula is C22H21FN2O3. The van der Waals surface area contributed by atoms with Gasteiger partial charge in [-0.05, 0) is 47.9 Å². The molecule has 0 fully saturated rings. The first-order valence-electron chi connectivity index (χ1n) is 8.88. The Labute approximate surface area is 163 Å². The predicted octanol–water partition coefficient (Wildman–Crippen LogP) is 4.38. The summed E-state index contributed by atoms with van der Waals surface area (Å²) in [6, 6.07) is 15.4. The third-order valence-corrected chi connectivity index (χ3v) is 4.17. The van der Waals surface area contributed by atoms with Crippen LogP contribution in [0.25, 0.3) is 0 Å². The topological polar surface area (TPSA) is 60.5 Å². The Morgan fingerprint density at radius 1 is 1.07 bits per heavy atom. The van der Waals surface area contributed by atoms with Gasteiger partial charge in [0.1, 0.15) is 12.4 Å². The number of nitrogens with zero attached hydrogens (tertiary/aromatic N) is 1. The molecule has 1 amide bonds. The number of anilines is 1. The highest BCUT2D eigenvalue weighted by atomic mass is 19.1. The summed E-state index contributed by atoms with van der Waals surface area (Å²) in [5.41, 5.74) is 2.08. The van der Waals surface area contributed by atoms with Gasteiger partial charge in [-0.3, -0.25) is 9.78 Å². The number of pyridine rings is 1. The molecule has 3 aromatic rings. The van der Waals surface area contributed by atoms with Crippen LogP contribution in [0.15, 0.2) is 67.0 Å². The number of hydrogen-bond donors (Lipinski definition) is 1. The number of carbonyl (C=O) groups is 1. The normalized spacial score (nSPS) is 10.4. The van der Waals surface area contributed by atoms with Gasteiger partial charge in [0.15, 0.2) is 11.5 Å². The number of carbonyl (C=O) groups excluding carboxylic acids is 1. The van der Waals surface area contributed by atoms with E-state index in [9.17, 15) is 9.18 Å². The van der Waals surface area contributed by atoms with Crippen LogP contribution in [0.4, 0.5) is 10.1 Å². The number of amides is 1. The quantitative estimate of drug-likeness (QED) is 0.630. The Morgan fingerprint density at radius 2 is 1.86 bits per heavy atom. The second-order valence-electron chi connectivity index (χ2n) is 6.15. The zero-order valence-electron chi connectivity index (χ0n) is 15.5. The number of benzene rings is 2. The van der Waals surface area contributed by atoms with Crippen molar-refractivity contribution in [1.82, 2.24) is 4.98 Å². The molecule has 0 aliphatic carbocycles. The lowest BCUT2D eigenvalue weighted by Gasteiger charge is -2.13. The van der Waals surface area contributed by atoms with Crippen molar-refractivity contribution in [3.63, 3.8) is 0 Å². The molecule has 0 atom stereocenters. The van der Waals surface area contributed by atoms with E-state index >= 15 is 0 Å². The van der Waals surface area contributed by atoms with Gasteiger partial charge in [0.2, 0.25) is 5.91 Å². The number of nitrogens with one attached hydrogen (secondary N) is 1. The first-order chi connectivity index (χ1) is 13.7. The first kappa shape index (κ1) is 19.4. The van der Waals surface area contributed by atoms with Crippen molar-refractivity contribution in [1.29, 1.82) is 0 Å². The lowest BCUT2D eigenvalue weighted by Crippen LogP contribution is -2.13. The van der Waals surface area contributed by atoms with E-state index in [2.05, 4.69) is 10.3 Å². The maximum absolute atomic E-state index is 13.7. The second-order valence-corrected chi connectivity index (χ2v) is 6.15. The van der Waals surface area contributed by atoms with Gasteiger partial charge in [0.25, 0.3) is 0 Å². The lowest BCUT2D eigenvalue weighted by molar-refractivity contribution is -0.116. The summed E-state index contributed by atoms with van der Waals surface area (Å²) in [6.45, 7) is 0.351. The number of rotatable bonds is 8. The molecule has 0 aliphatic heterocycles. The lowest BCUT2D eigenvalue weighted by atomic mass is 10.1. The van der Waals surface area contributed by atoms with E-state index in [-0.39, 0.29) is 18.1 Å². The van der Waals surface area contributed by atoms with Crippen molar-refractivity contribution in [2.24, 2.45) is 0 Å². The molecule has 1 N–H and O–H groups in total. The average Bonchev–Trinajstić information content (AvgIpc) is 2.72. The second kappa shape index (κ2) is 9.50. The standard InChI is InChI=1S/C22H21FN2O3/c1-27-20-8-7-18(14-21(20)28-15-16-10-12-24-13-11-16)25-22(26)9-6-17-4-2-3-5-19(17)23/h2-5,7-8,10-14H,6,9,15H2,1H3,(H,25,26). The van der Waals surface area contributed by atoms with E-state index in [1.807, 2.05) is 12.1 Å². The number of hydrogen-bond acceptors (Lipinski definition) is 4. The van der Waals surface area contributed by atoms with Crippen LogP contribution in [0.5, 0.6) is 11.5 Å². The van der Waals surface area contributed by atoms with Crippen LogP contribution in [-0.2, 0) is 17.8 Å². The molecular weight excluding hydrogens is 359 g/mol. The fourth-order valence-electron chi connectivity index (χ4n) is 2.68. The molecule has 1 heterocycles. The molecule has 0 aliphatic rings. The van der Waals surface area contributed by atoms with E-state index in [4.69, 9.17) is 9.47 Å². The molecule has 0 unspecified atom stereocenters. The Kier molecular flexibility index (Phi) is 6.57. The molecule has 5 nitrogen and oxygen atoms in total. The first-order valence-corrected chi connectivity index (χ1v) is 8.88. The molecule has 28 heavy (non-hydrogen) atoms. The average molecular weight is 380 g/mol. The van der Waals surface area contributed by atoms with Gasteiger partial charge in [-0.25, -0.2) is 4.39 Å². The summed E-state index contributed by atoms with van der Waals surface area (Å²) in [7, 11) is 1.56. The molecule has 1 aromatic heterocycles. The van der Waals surface area contributed by atoms with E-state index in [1.54, 1.807) is 55.9 Å². The Hall–Kier alpha value is -3.41. The summed E-state index contributed by atoms with van der Waals surface area (Å²) < 4.78 is 24.8. The molecule has 0 spiro atoms. The van der Waals surface area contributed by atoms with E-state index in [1.165, 1.54) is 6.07 Å². The number of ether oxygens (including phenoxy) is 2. The van der Waals surface area contributed by atoms with Crippen LogP contribution in [0.3, 0.4) is 0 Å². The molecule has 3 rings (SSSR count). The Bertz CT molecular complexity index is 932. The molecule has 144 valence electrons. The van der Waals surface area contributed by atoms with Crippen molar-refractivity contribution in [2.75, 3.05) is 12.4 Å². The molecule has 0 saturated heterocycles. The van der Waals surface area contributed by atoms with E-state index in [0.29, 0.717) is 35.8 Å². The van der Waals surface area contributed by atoms with Gasteiger partial charge < -0.3 is 14.8 Å². The van der Waals surface area contributed by atoms with Crippen molar-refractivity contribution in [2.45, 2.75) is 19.4 Å². The van der Waals surface area contributed by atoms with Gasteiger partial charge in [-0.15, -0.1) is 0 Å². The minimum atomic E-state index is -0.299. The molecule has 2 aromatic carbocycles. The Balaban J connectivity index is 1.61. The van der Waals surface area contributed by atoms with E-state index in [0.717, 1.165) is 5.56 Å². The summed E-state index contributed by atoms with van der Waals surface area (Å²) in [4.78, 5) is 16.2. The maximum Gasteiger partial charge on any atom is 0.224 e. The van der Waals surface area contributed by atoms with Crippen LogP contribution in [0.1, 0.15) is 17.5 Å². The fourth-order valence-corrected chi connectivity index (χ4v) is 2.68. The largest absolute Gasteiger partial charge is 0.493 e. The smallest absolute Gasteiger partial charge is 0.224 e. The maximum atomic E-state index is 13.7. The van der Waals surface area contributed by atoms with Crippen molar-refractivity contribution < 1.29 is 18.7 Å². The molecule has 0 radical (unpaired) electrons. The van der Waals surface area contributed by atoms with Gasteiger partial charge in [-0.2, -0.15) is 0 Å². The Morgan fingerprint density at radius 3 is 2.61 bits per heavy atom. The third kappa shape index (κ3) is 5.30. The summed E-state index contributed by atoms with van der Waals surface area (Å²) in [6.07, 6.45) is 3.91. The summed E-state index contributed by atoms with van der Waals surface area (Å²) in [5.74, 6) is 0.588. The summed E-state index contributed by atoms with van der Waals surface area (Å²) in [5, 5.41) is 2.81. The number of aryl methyl sites for hydroxylation is 1. The highest BCUT2D eigenvalue weighted by molar-refractivity contribution is 5.91. The van der Waals surface area contributed by atoms with Crippen LogP contribution in [0, 0.1) is 5.82 Å². The number of methoxy groups -OCH3 is 1. The van der Waals surface area contributed by atoms with Crippen LogP contribution >= 0.6 is 0 Å². The zero-order chi connectivity index (χ0) is 19.8. The van der Waals surface area contributed by atoms with Gasteiger partial charge in [0.05, 0.1) is 7.11 Å². The summed E-state index contributed by atoms with van der Waals surface area (Å²) >= 11 is 0. The van der Waals surface area contributed by atoms with E-state index < -0.39 is 0 Å². The van der Waals surface area contributed by atoms with Crippen molar-refractivity contribution in [3.05, 3.63) is 83.9 Å². The van der Waals surface area contributed by atoms with Crippen molar-refractivity contribution >= 4 is 11.6 Å². The molecule has 0 bridgehead atoms. The SMILES string of the molecule is COc1ccc(NC(=O)CCc2ccccc2F)cc1OCc1ccncc1. The fraction of sp³-hybridized carbons (Fsp3) is 0.182. The van der Waals surface area contributed by atoms with Crippen molar-refractivity contribution in [3.8, 4) is 11.5 Å². The predicted molar refractivity (Wildman–Crippen MR) is 105 cm³/mol. The minimum Gasteiger partial charge on any atom is -0.493 e. The number of aromatic nitrogens is 1.